The van der Waals surface area contributed by atoms with Crippen LogP contribution in [-0.2, 0) is 17.8 Å². The van der Waals surface area contributed by atoms with Crippen molar-refractivity contribution in [2.75, 3.05) is 14.2 Å². The molecule has 1 aliphatic rings. The van der Waals surface area contributed by atoms with Gasteiger partial charge in [-0.1, -0.05) is 0 Å². The first kappa shape index (κ1) is 18.3. The van der Waals surface area contributed by atoms with Crippen LogP contribution in [0, 0.1) is 0 Å². The van der Waals surface area contributed by atoms with E-state index in [9.17, 15) is 4.79 Å². The minimum absolute atomic E-state index is 0.0841. The average Bonchev–Trinajstić information content (AvgIpc) is 3.36. The number of nitrogens with one attached hydrogen (secondary N) is 1. The molecule has 2 aromatic heterocycles. The van der Waals surface area contributed by atoms with Gasteiger partial charge in [0.05, 0.1) is 25.0 Å². The Morgan fingerprint density at radius 1 is 1.25 bits per heavy atom. The summed E-state index contributed by atoms with van der Waals surface area (Å²) >= 11 is 0. The molecule has 0 bridgehead atoms. The number of carbonyl (C=O) groups is 1. The molecule has 2 heterocycles. The summed E-state index contributed by atoms with van der Waals surface area (Å²) in [6.07, 6.45) is 4.63. The van der Waals surface area contributed by atoms with Gasteiger partial charge in [-0.2, -0.15) is 5.10 Å². The lowest BCUT2D eigenvalue weighted by molar-refractivity contribution is 0.0896. The van der Waals surface area contributed by atoms with Gasteiger partial charge in [0.25, 0.3) is 5.91 Å². The summed E-state index contributed by atoms with van der Waals surface area (Å²) < 4.78 is 17.7. The van der Waals surface area contributed by atoms with Crippen molar-refractivity contribution in [3.63, 3.8) is 0 Å². The second-order valence-corrected chi connectivity index (χ2v) is 6.77. The Balaban J connectivity index is 1.54. The van der Waals surface area contributed by atoms with Crippen LogP contribution in [0.15, 0.2) is 47.0 Å². The van der Waals surface area contributed by atoms with Crippen LogP contribution in [0.1, 0.15) is 46.5 Å². The maximum absolute atomic E-state index is 12.6. The Hall–Kier alpha value is -3.06. The van der Waals surface area contributed by atoms with Gasteiger partial charge in [0.15, 0.2) is 5.76 Å². The van der Waals surface area contributed by atoms with E-state index < -0.39 is 0 Å². The molecule has 4 rings (SSSR count). The summed E-state index contributed by atoms with van der Waals surface area (Å²) in [7, 11) is 3.24. The van der Waals surface area contributed by atoms with Gasteiger partial charge in [-0.05, 0) is 55.7 Å². The van der Waals surface area contributed by atoms with Gasteiger partial charge >= 0.3 is 0 Å². The van der Waals surface area contributed by atoms with Gasteiger partial charge in [0.2, 0.25) is 0 Å². The van der Waals surface area contributed by atoms with Crippen molar-refractivity contribution >= 4 is 5.91 Å². The molecule has 0 aliphatic heterocycles. The molecule has 7 heteroatoms. The minimum Gasteiger partial charge on any atom is -0.497 e. The largest absolute Gasteiger partial charge is 0.497 e. The van der Waals surface area contributed by atoms with Crippen LogP contribution in [-0.4, -0.2) is 29.9 Å². The molecule has 0 unspecified atom stereocenters. The molecule has 0 fully saturated rings. The van der Waals surface area contributed by atoms with Gasteiger partial charge in [-0.3, -0.25) is 4.79 Å². The number of benzene rings is 1. The highest BCUT2D eigenvalue weighted by atomic mass is 16.5. The first-order valence-corrected chi connectivity index (χ1v) is 9.29. The number of amides is 1. The molecule has 28 heavy (non-hydrogen) atoms. The van der Waals surface area contributed by atoms with Crippen LogP contribution >= 0.6 is 0 Å². The maximum Gasteiger partial charge on any atom is 0.287 e. The zero-order valence-electron chi connectivity index (χ0n) is 16.0. The second kappa shape index (κ2) is 7.90. The van der Waals surface area contributed by atoms with E-state index in [4.69, 9.17) is 13.9 Å². The van der Waals surface area contributed by atoms with Crippen LogP contribution in [0.25, 0.3) is 5.69 Å². The fourth-order valence-electron chi connectivity index (χ4n) is 3.60. The Bertz CT molecular complexity index is 958. The third-order valence-corrected chi connectivity index (χ3v) is 4.98. The van der Waals surface area contributed by atoms with Gasteiger partial charge < -0.3 is 19.2 Å². The van der Waals surface area contributed by atoms with Crippen molar-refractivity contribution in [2.24, 2.45) is 0 Å². The van der Waals surface area contributed by atoms with Crippen LogP contribution in [0.3, 0.4) is 0 Å². The van der Waals surface area contributed by atoms with Crippen LogP contribution < -0.4 is 10.1 Å². The predicted molar refractivity (Wildman–Crippen MR) is 103 cm³/mol. The third kappa shape index (κ3) is 3.53. The molecule has 3 aromatic rings. The zero-order valence-corrected chi connectivity index (χ0v) is 16.0. The van der Waals surface area contributed by atoms with Gasteiger partial charge in [-0.25, -0.2) is 4.68 Å². The number of ether oxygens (including phenoxy) is 2. The Kier molecular flexibility index (Phi) is 5.16. The summed E-state index contributed by atoms with van der Waals surface area (Å²) in [6.45, 7) is 0.343. The van der Waals surface area contributed by atoms with Crippen LogP contribution in [0.2, 0.25) is 0 Å². The Morgan fingerprint density at radius 3 is 2.82 bits per heavy atom. The topological polar surface area (TPSA) is 78.5 Å². The zero-order chi connectivity index (χ0) is 19.5. The number of hydrogen-bond acceptors (Lipinski definition) is 5. The maximum atomic E-state index is 12.6. The van der Waals surface area contributed by atoms with Crippen LogP contribution in [0.5, 0.6) is 5.75 Å². The molecule has 1 aromatic carbocycles. The molecule has 146 valence electrons. The SMILES string of the molecule is COCc1ccc(C(=O)N[C@@H]2CCCc3c2cnn3-c2ccc(OC)cc2)o1. The number of carbonyl (C=O) groups excluding carboxylic acids is 1. The number of nitrogens with zero attached hydrogens (tertiary/aromatic N) is 2. The van der Waals surface area contributed by atoms with Crippen LogP contribution in [0.4, 0.5) is 0 Å². The fraction of sp³-hybridized carbons (Fsp3) is 0.333. The van der Waals surface area contributed by atoms with E-state index >= 15 is 0 Å². The lowest BCUT2D eigenvalue weighted by atomic mass is 9.92. The summed E-state index contributed by atoms with van der Waals surface area (Å²) in [6, 6.07) is 11.1. The lowest BCUT2D eigenvalue weighted by Crippen LogP contribution is -2.30. The fourth-order valence-corrected chi connectivity index (χ4v) is 3.60. The normalized spacial score (nSPS) is 15.9. The van der Waals surface area contributed by atoms with Crippen molar-refractivity contribution in [1.29, 1.82) is 0 Å². The number of fused-ring (bicyclic) bond motifs is 1. The highest BCUT2D eigenvalue weighted by Gasteiger charge is 2.27. The van der Waals surface area contributed by atoms with Crippen molar-refractivity contribution < 1.29 is 18.7 Å². The summed E-state index contributed by atoms with van der Waals surface area (Å²) in [4.78, 5) is 12.6. The highest BCUT2D eigenvalue weighted by Crippen LogP contribution is 2.31. The standard InChI is InChI=1S/C21H23N3O4/c1-26-13-16-10-11-20(28-16)21(25)23-18-4-3-5-19-17(18)12-22-24(19)14-6-8-15(27-2)9-7-14/h6-12,18H,3-5,13H2,1-2H3,(H,23,25)/t18-/m1/s1. The summed E-state index contributed by atoms with van der Waals surface area (Å²) in [5.41, 5.74) is 3.16. The Labute approximate surface area is 163 Å². The summed E-state index contributed by atoms with van der Waals surface area (Å²) in [5.74, 6) is 1.50. The van der Waals surface area contributed by atoms with E-state index in [0.717, 1.165) is 42.0 Å². The molecular formula is C21H23N3O4. The predicted octanol–water partition coefficient (Wildman–Crippen LogP) is 3.43. The molecule has 0 saturated carbocycles. The van der Waals surface area contributed by atoms with E-state index in [2.05, 4.69) is 10.4 Å². The molecule has 1 N–H and O–H groups in total. The molecule has 0 radical (unpaired) electrons. The molecule has 1 amide bonds. The molecule has 1 atom stereocenters. The monoisotopic (exact) mass is 381 g/mol. The number of hydrogen-bond donors (Lipinski definition) is 1. The Morgan fingerprint density at radius 2 is 2.07 bits per heavy atom. The quantitative estimate of drug-likeness (QED) is 0.708. The smallest absolute Gasteiger partial charge is 0.287 e. The minimum atomic E-state index is -0.225. The summed E-state index contributed by atoms with van der Waals surface area (Å²) in [5, 5.41) is 7.65. The molecule has 1 aliphatic carbocycles. The number of rotatable bonds is 6. The van der Waals surface area contributed by atoms with Crippen molar-refractivity contribution in [1.82, 2.24) is 15.1 Å². The average molecular weight is 381 g/mol. The number of methoxy groups -OCH3 is 2. The van der Waals surface area contributed by atoms with Gasteiger partial charge in [0, 0.05) is 18.4 Å². The number of aromatic nitrogens is 2. The third-order valence-electron chi connectivity index (χ3n) is 4.98. The molecular weight excluding hydrogens is 358 g/mol. The van der Waals surface area contributed by atoms with E-state index in [0.29, 0.717) is 18.1 Å². The first-order chi connectivity index (χ1) is 13.7. The van der Waals surface area contributed by atoms with E-state index in [-0.39, 0.29) is 11.9 Å². The van der Waals surface area contributed by atoms with Crippen molar-refractivity contribution in [3.05, 3.63) is 65.4 Å². The first-order valence-electron chi connectivity index (χ1n) is 9.29. The van der Waals surface area contributed by atoms with Crippen molar-refractivity contribution in [3.8, 4) is 11.4 Å². The second-order valence-electron chi connectivity index (χ2n) is 6.77. The van der Waals surface area contributed by atoms with E-state index in [1.807, 2.05) is 35.1 Å². The molecule has 0 saturated heterocycles. The molecule has 7 nitrogen and oxygen atoms in total. The van der Waals surface area contributed by atoms with Gasteiger partial charge in [0.1, 0.15) is 18.1 Å². The molecule has 0 spiro atoms. The van der Waals surface area contributed by atoms with E-state index in [1.165, 1.54) is 0 Å². The lowest BCUT2D eigenvalue weighted by Gasteiger charge is -2.24. The highest BCUT2D eigenvalue weighted by molar-refractivity contribution is 5.91. The van der Waals surface area contributed by atoms with Crippen molar-refractivity contribution in [2.45, 2.75) is 31.9 Å². The van der Waals surface area contributed by atoms with Gasteiger partial charge in [-0.15, -0.1) is 0 Å². The van der Waals surface area contributed by atoms with E-state index in [1.54, 1.807) is 26.4 Å². The number of furan rings is 1.